The Labute approximate surface area is 126 Å². The Kier molecular flexibility index (Phi) is 4.35. The van der Waals surface area contributed by atoms with Crippen LogP contribution in [0.4, 0.5) is 5.69 Å². The van der Waals surface area contributed by atoms with E-state index in [-0.39, 0.29) is 11.7 Å². The summed E-state index contributed by atoms with van der Waals surface area (Å²) >= 11 is 3.41. The molecule has 0 heterocycles. The Hall–Kier alpha value is -1.94. The third kappa shape index (κ3) is 3.14. The van der Waals surface area contributed by atoms with Crippen LogP contribution in [-0.2, 0) is 0 Å². The Morgan fingerprint density at radius 1 is 1.10 bits per heavy atom. The molecule has 0 saturated carbocycles. The van der Waals surface area contributed by atoms with Gasteiger partial charge in [0.2, 0.25) is 0 Å². The van der Waals surface area contributed by atoms with E-state index in [9.17, 15) is 9.59 Å². The minimum Gasteiger partial charge on any atom is -0.322 e. The van der Waals surface area contributed by atoms with Crippen LogP contribution in [0.25, 0.3) is 0 Å². The molecule has 0 aliphatic heterocycles. The Bertz CT molecular complexity index is 680. The van der Waals surface area contributed by atoms with Gasteiger partial charge in [0, 0.05) is 21.3 Å². The molecule has 0 spiro atoms. The second kappa shape index (κ2) is 6.01. The summed E-state index contributed by atoms with van der Waals surface area (Å²) in [5.41, 5.74) is 2.68. The van der Waals surface area contributed by atoms with Crippen molar-refractivity contribution >= 4 is 33.3 Å². The van der Waals surface area contributed by atoms with Gasteiger partial charge in [0.25, 0.3) is 5.91 Å². The molecule has 0 atom stereocenters. The second-order valence-corrected chi connectivity index (χ2v) is 5.36. The van der Waals surface area contributed by atoms with Gasteiger partial charge in [0.15, 0.2) is 5.78 Å². The Morgan fingerprint density at radius 3 is 2.50 bits per heavy atom. The van der Waals surface area contributed by atoms with E-state index in [4.69, 9.17) is 0 Å². The number of carbonyl (C=O) groups excluding carboxylic acids is 2. The van der Waals surface area contributed by atoms with E-state index < -0.39 is 0 Å². The molecule has 20 heavy (non-hydrogen) atoms. The predicted molar refractivity (Wildman–Crippen MR) is 83.3 cm³/mol. The molecule has 0 unspecified atom stereocenters. The topological polar surface area (TPSA) is 46.2 Å². The highest BCUT2D eigenvalue weighted by molar-refractivity contribution is 9.10. The highest BCUT2D eigenvalue weighted by atomic mass is 79.9. The van der Waals surface area contributed by atoms with E-state index >= 15 is 0 Å². The largest absolute Gasteiger partial charge is 0.322 e. The zero-order valence-electron chi connectivity index (χ0n) is 11.2. The van der Waals surface area contributed by atoms with Crippen LogP contribution in [0.3, 0.4) is 0 Å². The fraction of sp³-hybridized carbons (Fsp3) is 0.125. The third-order valence-electron chi connectivity index (χ3n) is 3.04. The van der Waals surface area contributed by atoms with E-state index in [0.29, 0.717) is 16.8 Å². The lowest BCUT2D eigenvalue weighted by Gasteiger charge is -2.09. The number of nitrogens with one attached hydrogen (secondary N) is 1. The molecule has 0 aliphatic rings. The lowest BCUT2D eigenvalue weighted by molar-refractivity contribution is 0.101. The van der Waals surface area contributed by atoms with Crippen molar-refractivity contribution in [3.63, 3.8) is 0 Å². The van der Waals surface area contributed by atoms with Gasteiger partial charge in [-0.05, 0) is 43.7 Å². The quantitative estimate of drug-likeness (QED) is 0.856. The van der Waals surface area contributed by atoms with Crippen molar-refractivity contribution in [3.8, 4) is 0 Å². The lowest BCUT2D eigenvalue weighted by atomic mass is 10.1. The van der Waals surface area contributed by atoms with Crippen LogP contribution >= 0.6 is 15.9 Å². The van der Waals surface area contributed by atoms with Crippen molar-refractivity contribution in [1.82, 2.24) is 0 Å². The fourth-order valence-electron chi connectivity index (χ4n) is 1.87. The molecule has 0 radical (unpaired) electrons. The highest BCUT2D eigenvalue weighted by Gasteiger charge is 2.11. The second-order valence-electron chi connectivity index (χ2n) is 4.50. The third-order valence-corrected chi connectivity index (χ3v) is 3.90. The molecule has 0 fully saturated rings. The fourth-order valence-corrected chi connectivity index (χ4v) is 2.23. The van der Waals surface area contributed by atoms with Crippen molar-refractivity contribution in [2.75, 3.05) is 5.32 Å². The molecule has 4 heteroatoms. The molecule has 102 valence electrons. The number of halogens is 1. The number of hydrogen-bond acceptors (Lipinski definition) is 2. The highest BCUT2D eigenvalue weighted by Crippen LogP contribution is 2.21. The molecule has 0 bridgehead atoms. The van der Waals surface area contributed by atoms with Gasteiger partial charge in [-0.15, -0.1) is 0 Å². The van der Waals surface area contributed by atoms with E-state index in [0.717, 1.165) is 10.0 Å². The summed E-state index contributed by atoms with van der Waals surface area (Å²) in [5, 5.41) is 2.81. The van der Waals surface area contributed by atoms with E-state index in [1.54, 1.807) is 30.3 Å². The summed E-state index contributed by atoms with van der Waals surface area (Å²) in [5.74, 6) is -0.218. The maximum absolute atomic E-state index is 12.3. The van der Waals surface area contributed by atoms with Gasteiger partial charge in [-0.25, -0.2) is 0 Å². The SMILES string of the molecule is CC(=O)c1cccc(NC(=O)c2cccc(Br)c2C)c1. The van der Waals surface area contributed by atoms with Gasteiger partial charge in [-0.3, -0.25) is 9.59 Å². The number of ketones is 1. The zero-order chi connectivity index (χ0) is 14.7. The van der Waals surface area contributed by atoms with Crippen molar-refractivity contribution in [3.05, 3.63) is 63.6 Å². The predicted octanol–water partition coefficient (Wildman–Crippen LogP) is 4.21. The molecule has 1 amide bonds. The standard InChI is InChI=1S/C16H14BrNO2/c1-10-14(7-4-8-15(10)17)16(20)18-13-6-3-5-12(9-13)11(2)19/h3-9H,1-2H3,(H,18,20). The minimum atomic E-state index is -0.190. The monoisotopic (exact) mass is 331 g/mol. The molecule has 0 aliphatic carbocycles. The van der Waals surface area contributed by atoms with Crippen LogP contribution in [0.2, 0.25) is 0 Å². The molecule has 0 saturated heterocycles. The van der Waals surface area contributed by atoms with Crippen LogP contribution in [0.1, 0.15) is 33.2 Å². The summed E-state index contributed by atoms with van der Waals surface area (Å²) in [6.07, 6.45) is 0. The normalized spacial score (nSPS) is 10.2. The van der Waals surface area contributed by atoms with E-state index in [1.165, 1.54) is 6.92 Å². The zero-order valence-corrected chi connectivity index (χ0v) is 12.8. The van der Waals surface area contributed by atoms with E-state index in [1.807, 2.05) is 19.1 Å². The van der Waals surface area contributed by atoms with Gasteiger partial charge >= 0.3 is 0 Å². The first-order valence-corrected chi connectivity index (χ1v) is 6.96. The maximum atomic E-state index is 12.3. The first-order valence-electron chi connectivity index (χ1n) is 6.16. The van der Waals surface area contributed by atoms with Crippen molar-refractivity contribution in [1.29, 1.82) is 0 Å². The number of carbonyl (C=O) groups is 2. The molecule has 0 aromatic heterocycles. The number of hydrogen-bond donors (Lipinski definition) is 1. The number of amides is 1. The van der Waals surface area contributed by atoms with Crippen LogP contribution < -0.4 is 5.32 Å². The summed E-state index contributed by atoms with van der Waals surface area (Å²) in [6.45, 7) is 3.38. The van der Waals surface area contributed by atoms with Gasteiger partial charge < -0.3 is 5.32 Å². The number of Topliss-reactive ketones (excluding diaryl/α,β-unsaturated/α-hetero) is 1. The van der Waals surface area contributed by atoms with Crippen molar-refractivity contribution < 1.29 is 9.59 Å². The molecule has 2 aromatic carbocycles. The van der Waals surface area contributed by atoms with Gasteiger partial charge in [0.05, 0.1) is 0 Å². The average molecular weight is 332 g/mol. The van der Waals surface area contributed by atoms with Crippen molar-refractivity contribution in [2.24, 2.45) is 0 Å². The van der Waals surface area contributed by atoms with Crippen LogP contribution in [0.15, 0.2) is 46.9 Å². The molecule has 2 rings (SSSR count). The number of benzene rings is 2. The molecular weight excluding hydrogens is 318 g/mol. The summed E-state index contributed by atoms with van der Waals surface area (Å²) in [7, 11) is 0. The van der Waals surface area contributed by atoms with Gasteiger partial charge in [-0.2, -0.15) is 0 Å². The van der Waals surface area contributed by atoms with Crippen LogP contribution in [0, 0.1) is 6.92 Å². The number of rotatable bonds is 3. The lowest BCUT2D eigenvalue weighted by Crippen LogP contribution is -2.13. The Morgan fingerprint density at radius 2 is 1.80 bits per heavy atom. The first kappa shape index (κ1) is 14.5. The molecule has 3 nitrogen and oxygen atoms in total. The summed E-state index contributed by atoms with van der Waals surface area (Å²) in [4.78, 5) is 23.6. The first-order chi connectivity index (χ1) is 9.49. The van der Waals surface area contributed by atoms with Crippen molar-refractivity contribution in [2.45, 2.75) is 13.8 Å². The van der Waals surface area contributed by atoms with Gasteiger partial charge in [-0.1, -0.05) is 34.1 Å². The molecule has 1 N–H and O–H groups in total. The minimum absolute atomic E-state index is 0.0280. The average Bonchev–Trinajstić information content (AvgIpc) is 2.42. The van der Waals surface area contributed by atoms with Crippen LogP contribution in [-0.4, -0.2) is 11.7 Å². The Balaban J connectivity index is 2.26. The van der Waals surface area contributed by atoms with E-state index in [2.05, 4.69) is 21.2 Å². The smallest absolute Gasteiger partial charge is 0.255 e. The van der Waals surface area contributed by atoms with Crippen LogP contribution in [0.5, 0.6) is 0 Å². The maximum Gasteiger partial charge on any atom is 0.255 e. The summed E-state index contributed by atoms with van der Waals surface area (Å²) in [6, 6.07) is 12.4. The molecular formula is C16H14BrNO2. The summed E-state index contributed by atoms with van der Waals surface area (Å²) < 4.78 is 0.891. The number of anilines is 1. The molecule has 2 aromatic rings. The van der Waals surface area contributed by atoms with Gasteiger partial charge in [0.1, 0.15) is 0 Å².